The predicted molar refractivity (Wildman–Crippen MR) is 77.4 cm³/mol. The zero-order valence-corrected chi connectivity index (χ0v) is 13.4. The van der Waals surface area contributed by atoms with Crippen LogP contribution in [0, 0.1) is 0 Å². The second-order valence-electron chi connectivity index (χ2n) is 5.91. The van der Waals surface area contributed by atoms with Crippen molar-refractivity contribution in [2.75, 3.05) is 32.7 Å². The van der Waals surface area contributed by atoms with Gasteiger partial charge in [0.05, 0.1) is 12.1 Å². The minimum absolute atomic E-state index is 0.196. The lowest BCUT2D eigenvalue weighted by Crippen LogP contribution is -2.59. The molecule has 1 saturated heterocycles. The average molecular weight is 325 g/mol. The van der Waals surface area contributed by atoms with E-state index in [9.17, 15) is 23.1 Å². The Bertz CT molecular complexity index is 364. The molecule has 5 nitrogen and oxygen atoms in total. The van der Waals surface area contributed by atoms with Crippen molar-refractivity contribution in [3.8, 4) is 0 Å². The standard InChI is InChI=1S/C14H26F3N3O2/c1-4-12-8-19(5-6-20(12)7-10(2)21)11(3)13(22)18-9-14(15,16)17/h10-12,21H,4-9H2,1-3H3,(H,18,22)/t10-,11-,12+/m0/s1. The summed E-state index contributed by atoms with van der Waals surface area (Å²) in [7, 11) is 0. The summed E-state index contributed by atoms with van der Waals surface area (Å²) in [5, 5.41) is 11.4. The van der Waals surface area contributed by atoms with Crippen LogP contribution in [0.2, 0.25) is 0 Å². The summed E-state index contributed by atoms with van der Waals surface area (Å²) in [6.45, 7) is 6.57. The molecule has 1 aliphatic rings. The van der Waals surface area contributed by atoms with Crippen LogP contribution in [0.25, 0.3) is 0 Å². The Morgan fingerprint density at radius 1 is 1.36 bits per heavy atom. The van der Waals surface area contributed by atoms with Gasteiger partial charge in [-0.1, -0.05) is 6.92 Å². The quantitative estimate of drug-likeness (QED) is 0.760. The smallest absolute Gasteiger partial charge is 0.392 e. The van der Waals surface area contributed by atoms with Crippen LogP contribution in [0.15, 0.2) is 0 Å². The van der Waals surface area contributed by atoms with Gasteiger partial charge >= 0.3 is 6.18 Å². The SMILES string of the molecule is CC[C@@H]1CN([C@@H](C)C(=O)NCC(F)(F)F)CCN1C[C@H](C)O. The highest BCUT2D eigenvalue weighted by Crippen LogP contribution is 2.16. The summed E-state index contributed by atoms with van der Waals surface area (Å²) in [6.07, 6.45) is -3.95. The highest BCUT2D eigenvalue weighted by molar-refractivity contribution is 5.81. The van der Waals surface area contributed by atoms with Gasteiger partial charge in [-0.15, -0.1) is 0 Å². The second-order valence-corrected chi connectivity index (χ2v) is 5.91. The van der Waals surface area contributed by atoms with Crippen LogP contribution >= 0.6 is 0 Å². The van der Waals surface area contributed by atoms with Gasteiger partial charge < -0.3 is 10.4 Å². The number of carbonyl (C=O) groups is 1. The molecule has 1 rings (SSSR count). The number of amides is 1. The van der Waals surface area contributed by atoms with Gasteiger partial charge in [0, 0.05) is 32.2 Å². The molecule has 0 radical (unpaired) electrons. The molecule has 0 aliphatic carbocycles. The largest absolute Gasteiger partial charge is 0.405 e. The maximum atomic E-state index is 12.2. The van der Waals surface area contributed by atoms with E-state index in [1.54, 1.807) is 13.8 Å². The van der Waals surface area contributed by atoms with E-state index in [0.29, 0.717) is 26.2 Å². The maximum absolute atomic E-state index is 12.2. The van der Waals surface area contributed by atoms with Gasteiger partial charge in [-0.2, -0.15) is 13.2 Å². The van der Waals surface area contributed by atoms with Gasteiger partial charge in [0.25, 0.3) is 0 Å². The molecule has 0 saturated carbocycles. The summed E-state index contributed by atoms with van der Waals surface area (Å²) in [5.74, 6) is -0.601. The number of nitrogens with one attached hydrogen (secondary N) is 1. The van der Waals surface area contributed by atoms with Crippen molar-refractivity contribution < 1.29 is 23.1 Å². The van der Waals surface area contributed by atoms with Crippen LogP contribution in [-0.4, -0.2) is 77.9 Å². The first kappa shape index (κ1) is 19.2. The Balaban J connectivity index is 2.54. The number of halogens is 3. The summed E-state index contributed by atoms with van der Waals surface area (Å²) < 4.78 is 36.5. The lowest BCUT2D eigenvalue weighted by molar-refractivity contribution is -0.142. The number of β-amino-alcohol motifs (C(OH)–C–C–N with tert-alkyl or cyclic N) is 1. The number of alkyl halides is 3. The average Bonchev–Trinajstić information content (AvgIpc) is 2.43. The minimum Gasteiger partial charge on any atom is -0.392 e. The predicted octanol–water partition coefficient (Wildman–Crippen LogP) is 0.830. The van der Waals surface area contributed by atoms with E-state index in [4.69, 9.17) is 0 Å². The molecule has 1 fully saturated rings. The monoisotopic (exact) mass is 325 g/mol. The molecule has 8 heteroatoms. The first-order chi connectivity index (χ1) is 10.1. The molecule has 0 aromatic rings. The normalized spacial score (nSPS) is 24.0. The molecule has 1 aliphatic heterocycles. The van der Waals surface area contributed by atoms with E-state index in [1.807, 2.05) is 17.1 Å². The molecule has 0 aromatic carbocycles. The van der Waals surface area contributed by atoms with E-state index in [2.05, 4.69) is 4.90 Å². The fraction of sp³-hybridized carbons (Fsp3) is 0.929. The molecule has 0 aromatic heterocycles. The van der Waals surface area contributed by atoms with Gasteiger partial charge in [-0.25, -0.2) is 0 Å². The number of rotatable bonds is 6. The van der Waals surface area contributed by atoms with Crippen LogP contribution in [0.4, 0.5) is 13.2 Å². The Labute approximate surface area is 129 Å². The number of nitrogens with zero attached hydrogens (tertiary/aromatic N) is 2. The van der Waals surface area contributed by atoms with Crippen LogP contribution in [-0.2, 0) is 4.79 Å². The van der Waals surface area contributed by atoms with E-state index >= 15 is 0 Å². The lowest BCUT2D eigenvalue weighted by Gasteiger charge is -2.43. The van der Waals surface area contributed by atoms with Gasteiger partial charge in [0.15, 0.2) is 0 Å². The molecule has 3 atom stereocenters. The highest BCUT2D eigenvalue weighted by atomic mass is 19.4. The number of hydrogen-bond acceptors (Lipinski definition) is 4. The minimum atomic E-state index is -4.39. The van der Waals surface area contributed by atoms with Crippen LogP contribution < -0.4 is 5.32 Å². The van der Waals surface area contributed by atoms with Crippen molar-refractivity contribution in [3.63, 3.8) is 0 Å². The number of hydrogen-bond donors (Lipinski definition) is 2. The molecule has 1 heterocycles. The topological polar surface area (TPSA) is 55.8 Å². The maximum Gasteiger partial charge on any atom is 0.405 e. The molecule has 2 N–H and O–H groups in total. The third-order valence-electron chi connectivity index (χ3n) is 4.00. The fourth-order valence-electron chi connectivity index (χ4n) is 2.74. The van der Waals surface area contributed by atoms with E-state index in [-0.39, 0.29) is 6.04 Å². The summed E-state index contributed by atoms with van der Waals surface area (Å²) in [6, 6.07) is -0.397. The van der Waals surface area contributed by atoms with Crippen LogP contribution in [0.5, 0.6) is 0 Å². The first-order valence-corrected chi connectivity index (χ1v) is 7.64. The molecule has 0 bridgehead atoms. The lowest BCUT2D eigenvalue weighted by atomic mass is 10.1. The van der Waals surface area contributed by atoms with Gasteiger partial charge in [-0.05, 0) is 20.3 Å². The van der Waals surface area contributed by atoms with Crippen molar-refractivity contribution in [3.05, 3.63) is 0 Å². The molecule has 0 spiro atoms. The van der Waals surface area contributed by atoms with Gasteiger partial charge in [0.2, 0.25) is 5.91 Å². The van der Waals surface area contributed by atoms with Crippen molar-refractivity contribution >= 4 is 5.91 Å². The van der Waals surface area contributed by atoms with E-state index in [1.165, 1.54) is 0 Å². The van der Waals surface area contributed by atoms with Gasteiger partial charge in [0.1, 0.15) is 6.54 Å². The zero-order valence-electron chi connectivity index (χ0n) is 13.4. The Morgan fingerprint density at radius 2 is 2.00 bits per heavy atom. The summed E-state index contributed by atoms with van der Waals surface area (Å²) in [5.41, 5.74) is 0. The number of aliphatic hydroxyl groups excluding tert-OH is 1. The van der Waals surface area contributed by atoms with E-state index < -0.39 is 30.8 Å². The molecule has 0 unspecified atom stereocenters. The third-order valence-corrected chi connectivity index (χ3v) is 4.00. The van der Waals surface area contributed by atoms with Crippen molar-refractivity contribution in [2.24, 2.45) is 0 Å². The third kappa shape index (κ3) is 6.10. The molecular weight excluding hydrogens is 299 g/mol. The second kappa shape index (κ2) is 8.12. The highest BCUT2D eigenvalue weighted by Gasteiger charge is 2.33. The Morgan fingerprint density at radius 3 is 2.50 bits per heavy atom. The molecular formula is C14H26F3N3O2. The first-order valence-electron chi connectivity index (χ1n) is 7.64. The Kier molecular flexibility index (Phi) is 7.08. The molecule has 22 heavy (non-hydrogen) atoms. The zero-order chi connectivity index (χ0) is 16.9. The van der Waals surface area contributed by atoms with Gasteiger partial charge in [-0.3, -0.25) is 14.6 Å². The van der Waals surface area contributed by atoms with Crippen LogP contribution in [0.3, 0.4) is 0 Å². The number of aliphatic hydroxyl groups is 1. The van der Waals surface area contributed by atoms with Crippen molar-refractivity contribution in [2.45, 2.75) is 51.6 Å². The fourth-order valence-corrected chi connectivity index (χ4v) is 2.74. The molecule has 1 amide bonds. The van der Waals surface area contributed by atoms with Crippen LogP contribution in [0.1, 0.15) is 27.2 Å². The summed E-state index contributed by atoms with van der Waals surface area (Å²) in [4.78, 5) is 15.9. The molecule has 130 valence electrons. The van der Waals surface area contributed by atoms with Crippen molar-refractivity contribution in [1.29, 1.82) is 0 Å². The Hall–Kier alpha value is -0.860. The number of carbonyl (C=O) groups excluding carboxylic acids is 1. The number of piperazine rings is 1. The van der Waals surface area contributed by atoms with Crippen molar-refractivity contribution in [1.82, 2.24) is 15.1 Å². The summed E-state index contributed by atoms with van der Waals surface area (Å²) >= 11 is 0. The van der Waals surface area contributed by atoms with E-state index in [0.717, 1.165) is 6.42 Å².